The summed E-state index contributed by atoms with van der Waals surface area (Å²) in [5, 5.41) is 21.8. The molecule has 0 saturated heterocycles. The van der Waals surface area contributed by atoms with E-state index in [1.165, 1.54) is 4.80 Å². The molecule has 0 aliphatic carbocycles. The summed E-state index contributed by atoms with van der Waals surface area (Å²) >= 11 is 0. The molecular formula is C14H13N5O. The molecule has 0 aliphatic rings. The zero-order valence-electron chi connectivity index (χ0n) is 10.9. The molecule has 0 saturated carbocycles. The van der Waals surface area contributed by atoms with E-state index >= 15 is 0 Å². The fraction of sp³-hybridized carbons (Fsp3) is 0.143. The first kappa shape index (κ1) is 12.4. The van der Waals surface area contributed by atoms with E-state index in [2.05, 4.69) is 20.4 Å². The molecule has 0 aliphatic heterocycles. The van der Waals surface area contributed by atoms with Gasteiger partial charge in [-0.3, -0.25) is 4.98 Å². The topological polar surface area (TPSA) is 76.7 Å². The van der Waals surface area contributed by atoms with Crippen molar-refractivity contribution in [1.82, 2.24) is 25.2 Å². The highest BCUT2D eigenvalue weighted by atomic mass is 16.3. The Morgan fingerprint density at radius 1 is 1.10 bits per heavy atom. The lowest BCUT2D eigenvalue weighted by molar-refractivity contribution is 0.194. The fourth-order valence-electron chi connectivity index (χ4n) is 1.79. The second-order valence-corrected chi connectivity index (χ2v) is 4.39. The molecule has 20 heavy (non-hydrogen) atoms. The van der Waals surface area contributed by atoms with Gasteiger partial charge in [0.05, 0.1) is 18.0 Å². The van der Waals surface area contributed by atoms with Gasteiger partial charge in [0.1, 0.15) is 5.69 Å². The van der Waals surface area contributed by atoms with E-state index in [9.17, 15) is 5.11 Å². The quantitative estimate of drug-likeness (QED) is 0.782. The average Bonchev–Trinajstić information content (AvgIpc) is 2.98. The Hall–Kier alpha value is -2.60. The smallest absolute Gasteiger partial charge is 0.205 e. The number of rotatable bonds is 3. The fourth-order valence-corrected chi connectivity index (χ4v) is 1.79. The first-order chi connectivity index (χ1) is 9.74. The first-order valence-electron chi connectivity index (χ1n) is 6.24. The van der Waals surface area contributed by atoms with Crippen molar-refractivity contribution < 1.29 is 5.11 Å². The van der Waals surface area contributed by atoms with Crippen molar-refractivity contribution >= 4 is 0 Å². The minimum atomic E-state index is -0.590. The number of aromatic nitrogens is 5. The van der Waals surface area contributed by atoms with Crippen molar-refractivity contribution in [2.45, 2.75) is 13.0 Å². The van der Waals surface area contributed by atoms with Crippen molar-refractivity contribution in [3.63, 3.8) is 0 Å². The summed E-state index contributed by atoms with van der Waals surface area (Å²) in [6, 6.07) is 13.2. The van der Waals surface area contributed by atoms with Crippen LogP contribution in [-0.4, -0.2) is 30.3 Å². The zero-order valence-corrected chi connectivity index (χ0v) is 10.9. The first-order valence-corrected chi connectivity index (χ1v) is 6.24. The molecule has 0 amide bonds. The van der Waals surface area contributed by atoms with Crippen molar-refractivity contribution in [1.29, 1.82) is 0 Å². The van der Waals surface area contributed by atoms with E-state index < -0.39 is 6.10 Å². The van der Waals surface area contributed by atoms with Gasteiger partial charge < -0.3 is 5.11 Å². The predicted octanol–water partition coefficient (Wildman–Crippen LogP) is 1.78. The van der Waals surface area contributed by atoms with Crippen LogP contribution in [0, 0.1) is 0 Å². The monoisotopic (exact) mass is 267 g/mol. The van der Waals surface area contributed by atoms with Crippen molar-refractivity contribution in [2.24, 2.45) is 0 Å². The van der Waals surface area contributed by atoms with Crippen LogP contribution in [0.1, 0.15) is 18.7 Å². The third-order valence-electron chi connectivity index (χ3n) is 2.88. The number of hydrogen-bond donors (Lipinski definition) is 1. The third kappa shape index (κ3) is 2.41. The number of nitrogens with zero attached hydrogens (tertiary/aromatic N) is 5. The molecule has 1 unspecified atom stereocenters. The minimum Gasteiger partial charge on any atom is -0.387 e. The molecule has 3 aromatic rings. The van der Waals surface area contributed by atoms with E-state index in [-0.39, 0.29) is 0 Å². The molecule has 6 nitrogen and oxygen atoms in total. The van der Waals surface area contributed by atoms with Crippen LogP contribution in [0.25, 0.3) is 17.1 Å². The number of aliphatic hydroxyl groups excluding tert-OH is 1. The van der Waals surface area contributed by atoms with Gasteiger partial charge in [0.2, 0.25) is 5.82 Å². The van der Waals surface area contributed by atoms with Gasteiger partial charge in [0, 0.05) is 5.56 Å². The number of aliphatic hydroxyl groups is 1. The Morgan fingerprint density at radius 3 is 2.55 bits per heavy atom. The molecule has 0 radical (unpaired) electrons. The maximum Gasteiger partial charge on any atom is 0.205 e. The zero-order chi connectivity index (χ0) is 13.9. The Morgan fingerprint density at radius 2 is 1.90 bits per heavy atom. The molecule has 1 N–H and O–H groups in total. The summed E-state index contributed by atoms with van der Waals surface area (Å²) < 4.78 is 0. The highest BCUT2D eigenvalue weighted by Gasteiger charge is 2.08. The maximum absolute atomic E-state index is 9.43. The molecule has 100 valence electrons. The van der Waals surface area contributed by atoms with Crippen LogP contribution in [0.15, 0.2) is 48.7 Å². The molecule has 0 bridgehead atoms. The Kier molecular flexibility index (Phi) is 3.22. The SMILES string of the molecule is CC(O)c1ccc(-n2nnc(-c3ccccc3)n2)cn1. The van der Waals surface area contributed by atoms with E-state index in [1.807, 2.05) is 30.3 Å². The Bertz CT molecular complexity index is 691. The van der Waals surface area contributed by atoms with Gasteiger partial charge in [-0.15, -0.1) is 15.0 Å². The predicted molar refractivity (Wildman–Crippen MR) is 73.0 cm³/mol. The summed E-state index contributed by atoms with van der Waals surface area (Å²) in [7, 11) is 0. The lowest BCUT2D eigenvalue weighted by Gasteiger charge is -2.03. The standard InChI is InChI=1S/C14H13N5O/c1-10(20)13-8-7-12(9-15-13)19-17-14(16-18-19)11-5-3-2-4-6-11/h2-10,20H,1H3. The van der Waals surface area contributed by atoms with E-state index in [0.717, 1.165) is 5.56 Å². The highest BCUT2D eigenvalue weighted by Crippen LogP contribution is 2.14. The lowest BCUT2D eigenvalue weighted by atomic mass is 10.2. The molecule has 0 fully saturated rings. The summed E-state index contributed by atoms with van der Waals surface area (Å²) in [5.41, 5.74) is 2.22. The van der Waals surface area contributed by atoms with Gasteiger partial charge in [-0.2, -0.15) is 0 Å². The van der Waals surface area contributed by atoms with Crippen LogP contribution in [0.4, 0.5) is 0 Å². The van der Waals surface area contributed by atoms with Crippen LogP contribution < -0.4 is 0 Å². The number of hydrogen-bond acceptors (Lipinski definition) is 5. The van der Waals surface area contributed by atoms with Crippen LogP contribution in [0.5, 0.6) is 0 Å². The molecule has 2 heterocycles. The summed E-state index contributed by atoms with van der Waals surface area (Å²) in [5.74, 6) is 0.560. The molecule has 1 aromatic carbocycles. The largest absolute Gasteiger partial charge is 0.387 e. The van der Waals surface area contributed by atoms with Gasteiger partial charge in [-0.1, -0.05) is 30.3 Å². The van der Waals surface area contributed by atoms with Gasteiger partial charge >= 0.3 is 0 Å². The van der Waals surface area contributed by atoms with Crippen LogP contribution in [0.2, 0.25) is 0 Å². The van der Waals surface area contributed by atoms with Crippen LogP contribution in [-0.2, 0) is 0 Å². The Labute approximate surface area is 115 Å². The lowest BCUT2D eigenvalue weighted by Crippen LogP contribution is -2.02. The summed E-state index contributed by atoms with van der Waals surface area (Å²) in [6.45, 7) is 1.67. The van der Waals surface area contributed by atoms with Gasteiger partial charge in [-0.05, 0) is 24.3 Å². The minimum absolute atomic E-state index is 0.560. The van der Waals surface area contributed by atoms with Gasteiger partial charge in [0.15, 0.2) is 0 Å². The summed E-state index contributed by atoms with van der Waals surface area (Å²) in [4.78, 5) is 5.58. The molecular weight excluding hydrogens is 254 g/mol. The number of pyridine rings is 1. The normalized spacial score (nSPS) is 12.3. The van der Waals surface area contributed by atoms with Crippen molar-refractivity contribution in [3.05, 3.63) is 54.4 Å². The second-order valence-electron chi connectivity index (χ2n) is 4.39. The molecule has 0 spiro atoms. The van der Waals surface area contributed by atoms with Crippen LogP contribution >= 0.6 is 0 Å². The highest BCUT2D eigenvalue weighted by molar-refractivity contribution is 5.53. The number of tetrazole rings is 1. The second kappa shape index (κ2) is 5.18. The summed E-state index contributed by atoms with van der Waals surface area (Å²) in [6.07, 6.45) is 1.02. The van der Waals surface area contributed by atoms with E-state index in [0.29, 0.717) is 17.2 Å². The van der Waals surface area contributed by atoms with Crippen molar-refractivity contribution in [3.8, 4) is 17.1 Å². The molecule has 2 aromatic heterocycles. The average molecular weight is 267 g/mol. The Balaban J connectivity index is 1.90. The maximum atomic E-state index is 9.43. The van der Waals surface area contributed by atoms with E-state index in [1.54, 1.807) is 25.3 Å². The van der Waals surface area contributed by atoms with Gasteiger partial charge in [-0.25, -0.2) is 0 Å². The van der Waals surface area contributed by atoms with Crippen molar-refractivity contribution in [2.75, 3.05) is 0 Å². The molecule has 3 rings (SSSR count). The third-order valence-corrected chi connectivity index (χ3v) is 2.88. The van der Waals surface area contributed by atoms with E-state index in [4.69, 9.17) is 0 Å². The molecule has 1 atom stereocenters. The van der Waals surface area contributed by atoms with Crippen LogP contribution in [0.3, 0.4) is 0 Å². The number of benzene rings is 1. The molecule has 6 heteroatoms. The van der Waals surface area contributed by atoms with Gasteiger partial charge in [0.25, 0.3) is 0 Å².